The molecule has 0 unspecified atom stereocenters. The van der Waals surface area contributed by atoms with Crippen LogP contribution in [-0.2, 0) is 29.3 Å². The lowest BCUT2D eigenvalue weighted by molar-refractivity contribution is 0.582. The number of aromatic nitrogens is 1. The summed E-state index contributed by atoms with van der Waals surface area (Å²) in [4.78, 5) is 4.74. The SMILES string of the molecule is CCCCS(=O)(=O)N1CCCc2nc(CC)c(CC)cc21. The maximum Gasteiger partial charge on any atom is 0.235 e. The fraction of sp³-hybridized carbons (Fsp3) is 0.688. The molecule has 0 fully saturated rings. The molecule has 5 heteroatoms. The van der Waals surface area contributed by atoms with Gasteiger partial charge >= 0.3 is 0 Å². The predicted octanol–water partition coefficient (Wildman–Crippen LogP) is 3.09. The molecule has 0 aromatic carbocycles. The standard InChI is InChI=1S/C16H26N2O2S/c1-4-7-11-21(19,20)18-10-8-9-15-16(18)12-13(5-2)14(6-3)17-15/h12H,4-11H2,1-3H3. The fourth-order valence-electron chi connectivity index (χ4n) is 2.87. The van der Waals surface area contributed by atoms with Gasteiger partial charge in [0.2, 0.25) is 10.0 Å². The molecule has 1 aliphatic rings. The number of fused-ring (bicyclic) bond motifs is 1. The van der Waals surface area contributed by atoms with Gasteiger partial charge in [0.05, 0.1) is 17.1 Å². The third-order valence-electron chi connectivity index (χ3n) is 4.10. The molecule has 0 N–H and O–H groups in total. The zero-order chi connectivity index (χ0) is 15.5. The zero-order valence-corrected chi connectivity index (χ0v) is 14.2. The van der Waals surface area contributed by atoms with E-state index in [0.717, 1.165) is 55.6 Å². The molecule has 1 aromatic heterocycles. The molecule has 2 rings (SSSR count). The van der Waals surface area contributed by atoms with E-state index in [4.69, 9.17) is 4.98 Å². The van der Waals surface area contributed by atoms with E-state index in [9.17, 15) is 8.42 Å². The summed E-state index contributed by atoms with van der Waals surface area (Å²) in [6.45, 7) is 6.81. The highest BCUT2D eigenvalue weighted by molar-refractivity contribution is 7.92. The van der Waals surface area contributed by atoms with E-state index in [1.807, 2.05) is 6.92 Å². The van der Waals surface area contributed by atoms with Crippen molar-refractivity contribution >= 4 is 15.7 Å². The topological polar surface area (TPSA) is 50.3 Å². The van der Waals surface area contributed by atoms with Crippen LogP contribution in [0, 0.1) is 0 Å². The van der Waals surface area contributed by atoms with Gasteiger partial charge in [-0.25, -0.2) is 8.42 Å². The largest absolute Gasteiger partial charge is 0.268 e. The van der Waals surface area contributed by atoms with Crippen molar-refractivity contribution < 1.29 is 8.42 Å². The molecule has 1 aromatic rings. The average Bonchev–Trinajstić information content (AvgIpc) is 2.50. The van der Waals surface area contributed by atoms with Gasteiger partial charge < -0.3 is 0 Å². The quantitative estimate of drug-likeness (QED) is 0.811. The molecular formula is C16H26N2O2S. The molecule has 1 aliphatic heterocycles. The first-order valence-corrected chi connectivity index (χ1v) is 9.66. The first-order chi connectivity index (χ1) is 10.0. The normalized spacial score (nSPS) is 15.1. The van der Waals surface area contributed by atoms with Crippen LogP contribution in [0.4, 0.5) is 5.69 Å². The van der Waals surface area contributed by atoms with Gasteiger partial charge in [-0.05, 0) is 43.7 Å². The minimum Gasteiger partial charge on any atom is -0.268 e. The first kappa shape index (κ1) is 16.3. The Bertz CT molecular complexity index is 597. The Hall–Kier alpha value is -1.10. The number of unbranched alkanes of at least 4 members (excludes halogenated alkanes) is 1. The van der Waals surface area contributed by atoms with Crippen LogP contribution in [0.3, 0.4) is 0 Å². The molecule has 0 aliphatic carbocycles. The van der Waals surface area contributed by atoms with Crippen molar-refractivity contribution in [2.24, 2.45) is 0 Å². The van der Waals surface area contributed by atoms with Crippen molar-refractivity contribution in [1.82, 2.24) is 4.98 Å². The Morgan fingerprint density at radius 3 is 2.62 bits per heavy atom. The van der Waals surface area contributed by atoms with E-state index < -0.39 is 10.0 Å². The Balaban J connectivity index is 2.43. The third-order valence-corrected chi connectivity index (χ3v) is 5.95. The predicted molar refractivity (Wildman–Crippen MR) is 87.4 cm³/mol. The second-order valence-electron chi connectivity index (χ2n) is 5.61. The van der Waals surface area contributed by atoms with E-state index in [1.54, 1.807) is 4.31 Å². The smallest absolute Gasteiger partial charge is 0.235 e. The van der Waals surface area contributed by atoms with Gasteiger partial charge in [0.15, 0.2) is 0 Å². The highest BCUT2D eigenvalue weighted by atomic mass is 32.2. The summed E-state index contributed by atoms with van der Waals surface area (Å²) in [5.74, 6) is 0.236. The maximum absolute atomic E-state index is 12.6. The van der Waals surface area contributed by atoms with Gasteiger partial charge in [0.1, 0.15) is 0 Å². The van der Waals surface area contributed by atoms with Crippen molar-refractivity contribution in [3.05, 3.63) is 23.0 Å². The molecule has 0 bridgehead atoms. The van der Waals surface area contributed by atoms with E-state index in [1.165, 1.54) is 5.56 Å². The van der Waals surface area contributed by atoms with Gasteiger partial charge in [-0.15, -0.1) is 0 Å². The third kappa shape index (κ3) is 3.39. The molecule has 21 heavy (non-hydrogen) atoms. The van der Waals surface area contributed by atoms with Gasteiger partial charge in [-0.3, -0.25) is 9.29 Å². The molecule has 118 valence electrons. The molecule has 0 saturated carbocycles. The fourth-order valence-corrected chi connectivity index (χ4v) is 4.61. The number of hydrogen-bond donors (Lipinski definition) is 0. The molecule has 4 nitrogen and oxygen atoms in total. The van der Waals surface area contributed by atoms with Gasteiger partial charge in [-0.2, -0.15) is 0 Å². The van der Waals surface area contributed by atoms with E-state index in [-0.39, 0.29) is 5.75 Å². The Labute approximate surface area is 128 Å². The number of hydrogen-bond acceptors (Lipinski definition) is 3. The second kappa shape index (κ2) is 6.77. The summed E-state index contributed by atoms with van der Waals surface area (Å²) in [6.07, 6.45) is 5.15. The van der Waals surface area contributed by atoms with Crippen LogP contribution in [0.5, 0.6) is 0 Å². The van der Waals surface area contributed by atoms with Gasteiger partial charge in [0, 0.05) is 12.2 Å². The Morgan fingerprint density at radius 1 is 1.24 bits per heavy atom. The van der Waals surface area contributed by atoms with Crippen LogP contribution < -0.4 is 4.31 Å². The maximum atomic E-state index is 12.6. The van der Waals surface area contributed by atoms with Crippen molar-refractivity contribution in [2.75, 3.05) is 16.6 Å². The highest BCUT2D eigenvalue weighted by Crippen LogP contribution is 2.31. The molecule has 0 radical (unpaired) electrons. The van der Waals surface area contributed by atoms with E-state index in [2.05, 4.69) is 19.9 Å². The van der Waals surface area contributed by atoms with Crippen LogP contribution in [0.1, 0.15) is 57.0 Å². The van der Waals surface area contributed by atoms with Crippen LogP contribution in [-0.4, -0.2) is 25.7 Å². The van der Waals surface area contributed by atoms with Crippen molar-refractivity contribution in [3.63, 3.8) is 0 Å². The molecule has 2 heterocycles. The van der Waals surface area contributed by atoms with E-state index >= 15 is 0 Å². The summed E-state index contributed by atoms with van der Waals surface area (Å²) in [5.41, 5.74) is 4.07. The average molecular weight is 310 g/mol. The summed E-state index contributed by atoms with van der Waals surface area (Å²) in [7, 11) is -3.21. The van der Waals surface area contributed by atoms with Crippen LogP contribution >= 0.6 is 0 Å². The zero-order valence-electron chi connectivity index (χ0n) is 13.4. The number of nitrogens with zero attached hydrogens (tertiary/aromatic N) is 2. The minimum atomic E-state index is -3.21. The minimum absolute atomic E-state index is 0.236. The Morgan fingerprint density at radius 2 is 2.00 bits per heavy atom. The van der Waals surface area contributed by atoms with Gasteiger partial charge in [0.25, 0.3) is 0 Å². The van der Waals surface area contributed by atoms with Crippen molar-refractivity contribution in [2.45, 2.75) is 59.3 Å². The molecule has 0 atom stereocenters. The van der Waals surface area contributed by atoms with Crippen LogP contribution in [0.15, 0.2) is 6.07 Å². The molecule has 0 spiro atoms. The van der Waals surface area contributed by atoms with Crippen molar-refractivity contribution in [1.29, 1.82) is 0 Å². The second-order valence-corrected chi connectivity index (χ2v) is 7.63. The number of anilines is 1. The molecule has 0 amide bonds. The highest BCUT2D eigenvalue weighted by Gasteiger charge is 2.28. The van der Waals surface area contributed by atoms with Crippen LogP contribution in [0.25, 0.3) is 0 Å². The van der Waals surface area contributed by atoms with Crippen LogP contribution in [0.2, 0.25) is 0 Å². The molecule has 0 saturated heterocycles. The lowest BCUT2D eigenvalue weighted by atomic mass is 10.0. The summed E-state index contributed by atoms with van der Waals surface area (Å²) >= 11 is 0. The lowest BCUT2D eigenvalue weighted by Gasteiger charge is -2.31. The summed E-state index contributed by atoms with van der Waals surface area (Å²) in [6, 6.07) is 2.06. The number of aryl methyl sites for hydroxylation is 3. The Kier molecular flexibility index (Phi) is 5.25. The number of pyridine rings is 1. The first-order valence-electron chi connectivity index (χ1n) is 8.05. The van der Waals surface area contributed by atoms with E-state index in [0.29, 0.717) is 6.54 Å². The summed E-state index contributed by atoms with van der Waals surface area (Å²) in [5, 5.41) is 0. The van der Waals surface area contributed by atoms with Gasteiger partial charge in [-0.1, -0.05) is 27.2 Å². The van der Waals surface area contributed by atoms with Crippen molar-refractivity contribution in [3.8, 4) is 0 Å². The lowest BCUT2D eigenvalue weighted by Crippen LogP contribution is -2.37. The number of sulfonamides is 1. The monoisotopic (exact) mass is 310 g/mol. The number of rotatable bonds is 6. The summed E-state index contributed by atoms with van der Waals surface area (Å²) < 4.78 is 26.7. The molecular weight excluding hydrogens is 284 g/mol.